The van der Waals surface area contributed by atoms with Crippen molar-refractivity contribution in [3.05, 3.63) is 0 Å². The summed E-state index contributed by atoms with van der Waals surface area (Å²) in [6, 6.07) is -1.14. The lowest BCUT2D eigenvalue weighted by molar-refractivity contribution is -0.148. The molecule has 0 aromatic rings. The van der Waals surface area contributed by atoms with E-state index in [1.54, 1.807) is 0 Å². The van der Waals surface area contributed by atoms with Crippen LogP contribution in [0.1, 0.15) is 0 Å². The van der Waals surface area contributed by atoms with E-state index in [1.165, 1.54) is 0 Å². The number of rotatable bonds is 1. The smallest absolute Gasteiger partial charge is 0.143 e. The summed E-state index contributed by atoms with van der Waals surface area (Å²) < 4.78 is 0. The molecule has 12 heavy (non-hydrogen) atoms. The fourth-order valence-corrected chi connectivity index (χ4v) is 1.39. The lowest BCUT2D eigenvalue weighted by atomic mass is 9.98. The van der Waals surface area contributed by atoms with Gasteiger partial charge in [-0.3, -0.25) is 0 Å². The highest BCUT2D eigenvalue weighted by molar-refractivity contribution is 5.10. The molecule has 0 saturated heterocycles. The fourth-order valence-electron chi connectivity index (χ4n) is 1.39. The van der Waals surface area contributed by atoms with Gasteiger partial charge in [0.15, 0.2) is 0 Å². The Balaban J connectivity index is 2.90. The van der Waals surface area contributed by atoms with Crippen LogP contribution in [0.2, 0.25) is 0 Å². The van der Waals surface area contributed by atoms with Crippen LogP contribution >= 0.6 is 0 Å². The first-order valence-corrected chi connectivity index (χ1v) is 3.58. The largest absolute Gasteiger partial charge is 0.393 e. The van der Waals surface area contributed by atoms with Crippen LogP contribution in [0.4, 0.5) is 0 Å². The average molecular weight is 179 g/mol. The number of aliphatic hydroxyl groups is 5. The van der Waals surface area contributed by atoms with Crippen molar-refractivity contribution >= 4 is 0 Å². The topological polar surface area (TPSA) is 127 Å². The minimum absolute atomic E-state index is 0.847. The van der Waals surface area contributed by atoms with Crippen molar-refractivity contribution in [1.82, 2.24) is 0 Å². The summed E-state index contributed by atoms with van der Waals surface area (Å²) >= 11 is 0. The standard InChI is InChI=1S/C6H13NO5/c7-2-3(9)5(11)6(12,1-8)4(2)10/h2-5,8-12H,1,7H2/t2-,3-,4-,5-,6-/m1/s1. The maximum atomic E-state index is 9.39. The van der Waals surface area contributed by atoms with Gasteiger partial charge < -0.3 is 31.3 Å². The number of aliphatic hydroxyl groups excluding tert-OH is 4. The van der Waals surface area contributed by atoms with Gasteiger partial charge in [0, 0.05) is 0 Å². The van der Waals surface area contributed by atoms with Gasteiger partial charge in [0.1, 0.15) is 23.9 Å². The monoisotopic (exact) mass is 179 g/mol. The lowest BCUT2D eigenvalue weighted by Gasteiger charge is -2.27. The first-order chi connectivity index (χ1) is 5.45. The maximum Gasteiger partial charge on any atom is 0.143 e. The Morgan fingerprint density at radius 2 is 1.67 bits per heavy atom. The van der Waals surface area contributed by atoms with Gasteiger partial charge >= 0.3 is 0 Å². The van der Waals surface area contributed by atoms with Crippen LogP contribution in [0.15, 0.2) is 0 Å². The second kappa shape index (κ2) is 2.91. The zero-order valence-electron chi connectivity index (χ0n) is 6.33. The summed E-state index contributed by atoms with van der Waals surface area (Å²) in [5.74, 6) is 0. The number of nitrogens with two attached hydrogens (primary N) is 1. The highest BCUT2D eigenvalue weighted by Crippen LogP contribution is 2.29. The molecular weight excluding hydrogens is 166 g/mol. The van der Waals surface area contributed by atoms with E-state index >= 15 is 0 Å². The summed E-state index contributed by atoms with van der Waals surface area (Å²) in [5, 5.41) is 45.5. The molecule has 0 amide bonds. The first kappa shape index (κ1) is 9.85. The molecule has 72 valence electrons. The van der Waals surface area contributed by atoms with Crippen molar-refractivity contribution in [2.45, 2.75) is 30.0 Å². The Labute approximate surface area is 68.9 Å². The van der Waals surface area contributed by atoms with Crippen LogP contribution < -0.4 is 5.73 Å². The van der Waals surface area contributed by atoms with Crippen LogP contribution in [-0.4, -0.2) is 62.1 Å². The minimum atomic E-state index is -2.11. The maximum absolute atomic E-state index is 9.39. The van der Waals surface area contributed by atoms with Crippen molar-refractivity contribution in [3.63, 3.8) is 0 Å². The van der Waals surface area contributed by atoms with Crippen molar-refractivity contribution in [1.29, 1.82) is 0 Å². The molecule has 6 heteroatoms. The van der Waals surface area contributed by atoms with Crippen LogP contribution in [-0.2, 0) is 0 Å². The Kier molecular flexibility index (Phi) is 2.39. The van der Waals surface area contributed by atoms with E-state index < -0.39 is 36.6 Å². The van der Waals surface area contributed by atoms with E-state index in [0.717, 1.165) is 0 Å². The third-order valence-corrected chi connectivity index (χ3v) is 2.36. The molecule has 0 radical (unpaired) electrons. The van der Waals surface area contributed by atoms with Gasteiger partial charge in [0.2, 0.25) is 0 Å². The van der Waals surface area contributed by atoms with Gasteiger partial charge in [0.25, 0.3) is 0 Å². The predicted molar refractivity (Wildman–Crippen MR) is 38.0 cm³/mol. The molecular formula is C6H13NO5. The SMILES string of the molecule is N[C@@H]1[C@@H](O)[C@@H](O)[C@@](O)(CO)[C@@H]1O. The molecule has 0 aromatic carbocycles. The highest BCUT2D eigenvalue weighted by atomic mass is 16.4. The van der Waals surface area contributed by atoms with E-state index in [9.17, 15) is 10.2 Å². The van der Waals surface area contributed by atoms with Gasteiger partial charge in [-0.25, -0.2) is 0 Å². The highest BCUT2D eigenvalue weighted by Gasteiger charge is 2.57. The molecule has 1 aliphatic rings. The Morgan fingerprint density at radius 1 is 1.17 bits per heavy atom. The molecule has 0 aromatic heterocycles. The second-order valence-corrected chi connectivity index (χ2v) is 3.11. The molecule has 7 N–H and O–H groups in total. The molecule has 5 atom stereocenters. The van der Waals surface area contributed by atoms with Crippen LogP contribution in [0, 0.1) is 0 Å². The van der Waals surface area contributed by atoms with E-state index in [2.05, 4.69) is 0 Å². The lowest BCUT2D eigenvalue weighted by Crippen LogP contribution is -2.52. The first-order valence-electron chi connectivity index (χ1n) is 3.58. The molecule has 1 saturated carbocycles. The van der Waals surface area contributed by atoms with Crippen molar-refractivity contribution in [2.75, 3.05) is 6.61 Å². The molecule has 0 spiro atoms. The van der Waals surface area contributed by atoms with Gasteiger partial charge in [-0.05, 0) is 0 Å². The molecule has 0 bridgehead atoms. The third kappa shape index (κ3) is 1.05. The van der Waals surface area contributed by atoms with Gasteiger partial charge in [-0.1, -0.05) is 0 Å². The van der Waals surface area contributed by atoms with Gasteiger partial charge in [-0.15, -0.1) is 0 Å². The molecule has 6 nitrogen and oxygen atoms in total. The number of hydrogen-bond donors (Lipinski definition) is 6. The molecule has 1 fully saturated rings. The quantitative estimate of drug-likeness (QED) is 0.244. The normalized spacial score (nSPS) is 54.5. The van der Waals surface area contributed by atoms with Crippen molar-refractivity contribution < 1.29 is 25.5 Å². The van der Waals surface area contributed by atoms with E-state index in [1.807, 2.05) is 0 Å². The Bertz CT molecular complexity index is 161. The summed E-state index contributed by atoms with van der Waals surface area (Å²) in [4.78, 5) is 0. The van der Waals surface area contributed by atoms with Crippen LogP contribution in [0.25, 0.3) is 0 Å². The van der Waals surface area contributed by atoms with Gasteiger partial charge in [0.05, 0.1) is 12.6 Å². The van der Waals surface area contributed by atoms with Crippen LogP contribution in [0.5, 0.6) is 0 Å². The molecule has 0 heterocycles. The van der Waals surface area contributed by atoms with E-state index in [-0.39, 0.29) is 0 Å². The predicted octanol–water partition coefficient (Wildman–Crippen LogP) is -3.87. The summed E-state index contributed by atoms with van der Waals surface area (Å²) in [6.45, 7) is -0.847. The van der Waals surface area contributed by atoms with E-state index in [0.29, 0.717) is 0 Å². The van der Waals surface area contributed by atoms with Crippen LogP contribution in [0.3, 0.4) is 0 Å². The fraction of sp³-hybridized carbons (Fsp3) is 1.00. The average Bonchev–Trinajstić information content (AvgIpc) is 2.22. The molecule has 1 aliphatic carbocycles. The molecule has 0 unspecified atom stereocenters. The molecule has 1 rings (SSSR count). The summed E-state index contributed by atoms with van der Waals surface area (Å²) in [7, 11) is 0. The summed E-state index contributed by atoms with van der Waals surface area (Å²) in [5.41, 5.74) is 3.12. The van der Waals surface area contributed by atoms with Crippen molar-refractivity contribution in [2.24, 2.45) is 5.73 Å². The second-order valence-electron chi connectivity index (χ2n) is 3.11. The zero-order chi connectivity index (χ0) is 9.52. The third-order valence-electron chi connectivity index (χ3n) is 2.36. The van der Waals surface area contributed by atoms with E-state index in [4.69, 9.17) is 21.1 Å². The van der Waals surface area contributed by atoms with Crippen molar-refractivity contribution in [3.8, 4) is 0 Å². The number of hydrogen-bond acceptors (Lipinski definition) is 6. The summed E-state index contributed by atoms with van der Waals surface area (Å²) in [6.07, 6.45) is -4.56. The molecule has 0 aliphatic heterocycles. The minimum Gasteiger partial charge on any atom is -0.393 e. The van der Waals surface area contributed by atoms with Gasteiger partial charge in [-0.2, -0.15) is 0 Å². The zero-order valence-corrected chi connectivity index (χ0v) is 6.33. The Morgan fingerprint density at radius 3 is 1.83 bits per heavy atom. The Hall–Kier alpha value is -0.240.